The van der Waals surface area contributed by atoms with Crippen molar-refractivity contribution in [1.82, 2.24) is 0 Å². The molecule has 0 saturated heterocycles. The van der Waals surface area contributed by atoms with Crippen molar-refractivity contribution < 1.29 is 18.5 Å². The Morgan fingerprint density at radius 3 is 1.57 bits per heavy atom. The van der Waals surface area contributed by atoms with Crippen LogP contribution >= 0.6 is 0 Å². The zero-order valence-electron chi connectivity index (χ0n) is 10.5. The van der Waals surface area contributed by atoms with Gasteiger partial charge in [-0.2, -0.15) is 0 Å². The van der Waals surface area contributed by atoms with Gasteiger partial charge in [-0.1, -0.05) is 0 Å². The molecule has 0 unspecified atom stereocenters. The Balaban J connectivity index is -0.00000000125. The zero-order valence-corrected chi connectivity index (χ0v) is 10.3. The second kappa shape index (κ2) is 15.9. The number of hydrogen-bond donors (Lipinski definition) is 1. The van der Waals surface area contributed by atoms with Crippen molar-refractivity contribution in [2.75, 3.05) is 0 Å². The number of hydrogen-bond acceptors (Lipinski definition) is 1. The van der Waals surface area contributed by atoms with Gasteiger partial charge in [0.05, 0.1) is 0 Å². The molecule has 0 aromatic carbocycles. The maximum absolute atomic E-state index is 9.00. The summed E-state index contributed by atoms with van der Waals surface area (Å²) in [6.07, 6.45) is 0. The van der Waals surface area contributed by atoms with Gasteiger partial charge in [0.25, 0.3) is 5.97 Å². The normalized spacial score (nSPS) is 3.57. The van der Waals surface area contributed by atoms with E-state index in [1.165, 1.54) is 0 Å². The van der Waals surface area contributed by atoms with Gasteiger partial charge in [-0.25, -0.2) is 0 Å². The van der Waals surface area contributed by atoms with Crippen molar-refractivity contribution in [2.45, 2.75) is 6.92 Å². The van der Waals surface area contributed by atoms with E-state index < -0.39 is 5.97 Å². The van der Waals surface area contributed by atoms with Crippen molar-refractivity contribution >= 4 is 104 Å². The second-order valence-electron chi connectivity index (χ2n) is 0.519. The van der Waals surface area contributed by atoms with E-state index in [9.17, 15) is 0 Å². The average molecular weight is 171 g/mol. The topological polar surface area (TPSA) is 37.3 Å². The molecule has 0 radical (unpaired) electrons. The summed E-state index contributed by atoms with van der Waals surface area (Å²) in [6, 6.07) is 0. The summed E-state index contributed by atoms with van der Waals surface area (Å²) < 4.78 is 0. The molecule has 0 fully saturated rings. The Bertz CT molecular complexity index is 49.6. The SMILES string of the molecule is CC(=O)O.[Ca+2].[Ca+2].[H-].[H-].[H-].[H-].[H-].[H-].[Mg+2]. The predicted molar refractivity (Wildman–Crippen MR) is 37.2 cm³/mol. The molecule has 0 atom stereocenters. The molecule has 0 spiro atoms. The molecule has 0 aromatic rings. The van der Waals surface area contributed by atoms with Gasteiger partial charge in [-0.05, 0) is 0 Å². The Kier molecular flexibility index (Phi) is 51.3. The molecule has 7 heavy (non-hydrogen) atoms. The number of rotatable bonds is 0. The van der Waals surface area contributed by atoms with Gasteiger partial charge in [0.2, 0.25) is 0 Å². The van der Waals surface area contributed by atoms with Crippen LogP contribution in [0.1, 0.15) is 15.5 Å². The number of aliphatic carboxylic acids is 1. The first-order valence-corrected chi connectivity index (χ1v) is 0.928. The van der Waals surface area contributed by atoms with E-state index in [1.54, 1.807) is 0 Å². The predicted octanol–water partition coefficient (Wildman–Crippen LogP) is -0.376. The molecule has 36 valence electrons. The van der Waals surface area contributed by atoms with Crippen LogP contribution in [0.4, 0.5) is 0 Å². The molecule has 0 rings (SSSR count). The molecule has 0 aliphatic heterocycles. The van der Waals surface area contributed by atoms with E-state index in [4.69, 9.17) is 9.90 Å². The first-order chi connectivity index (χ1) is 1.73. The third kappa shape index (κ3) is 52.6. The number of carboxylic acid groups (broad SMARTS) is 1. The quantitative estimate of drug-likeness (QED) is 0.504. The minimum Gasteiger partial charge on any atom is -1.00 e. The molecule has 0 heterocycles. The number of carbonyl (C=O) groups is 1. The Morgan fingerprint density at radius 2 is 1.57 bits per heavy atom. The van der Waals surface area contributed by atoms with E-state index in [2.05, 4.69) is 0 Å². The summed E-state index contributed by atoms with van der Waals surface area (Å²) in [5.41, 5.74) is 0. The molecular weight excluding hydrogens is 160 g/mol. The smallest absolute Gasteiger partial charge is 1.00 e. The minimum atomic E-state index is -0.833. The summed E-state index contributed by atoms with van der Waals surface area (Å²) in [4.78, 5) is 9.00. The number of carboxylic acids is 1. The minimum absolute atomic E-state index is 0. The molecule has 2 nitrogen and oxygen atoms in total. The first-order valence-electron chi connectivity index (χ1n) is 0.928. The van der Waals surface area contributed by atoms with Gasteiger partial charge in [-0.3, -0.25) is 4.79 Å². The molecule has 0 aromatic heterocycles. The van der Waals surface area contributed by atoms with Crippen LogP contribution in [0.3, 0.4) is 0 Å². The third-order valence-corrected chi connectivity index (χ3v) is 0. The van der Waals surface area contributed by atoms with E-state index in [0.717, 1.165) is 6.92 Å². The van der Waals surface area contributed by atoms with E-state index >= 15 is 0 Å². The van der Waals surface area contributed by atoms with E-state index in [0.29, 0.717) is 0 Å². The van der Waals surface area contributed by atoms with Crippen molar-refractivity contribution in [3.8, 4) is 0 Å². The zero-order chi connectivity index (χ0) is 3.58. The Labute approximate surface area is 127 Å². The Morgan fingerprint density at radius 1 is 1.57 bits per heavy atom. The van der Waals surface area contributed by atoms with Gasteiger partial charge in [0.15, 0.2) is 0 Å². The largest absolute Gasteiger partial charge is 2.00 e. The fourth-order valence-corrected chi connectivity index (χ4v) is 0. The molecule has 0 aliphatic rings. The summed E-state index contributed by atoms with van der Waals surface area (Å²) in [5, 5.41) is 7.42. The molecule has 0 amide bonds. The Hall–Kier alpha value is 2.76. The standard InChI is InChI=1S/C2H4O2.2Ca.Mg.6H/c1-2(3)4;;;;;;;;;/h1H3,(H,3,4);;;;;;;;;/q;3*+2;6*-1. The van der Waals surface area contributed by atoms with Crippen LogP contribution in [0.5, 0.6) is 0 Å². The fraction of sp³-hybridized carbons (Fsp3) is 0.500. The van der Waals surface area contributed by atoms with Gasteiger partial charge < -0.3 is 13.7 Å². The maximum Gasteiger partial charge on any atom is 2.00 e. The average Bonchev–Trinajstić information content (AvgIpc) is 0.811. The molecule has 0 aliphatic carbocycles. The first kappa shape index (κ1) is 22.6. The summed E-state index contributed by atoms with van der Waals surface area (Å²) in [7, 11) is 0. The van der Waals surface area contributed by atoms with Crippen molar-refractivity contribution in [1.29, 1.82) is 0 Å². The van der Waals surface area contributed by atoms with Crippen LogP contribution < -0.4 is 0 Å². The second-order valence-corrected chi connectivity index (χ2v) is 0.519. The van der Waals surface area contributed by atoms with Gasteiger partial charge in [0, 0.05) is 6.92 Å². The third-order valence-electron chi connectivity index (χ3n) is 0. The van der Waals surface area contributed by atoms with Gasteiger partial charge in [0.1, 0.15) is 0 Å². The van der Waals surface area contributed by atoms with Crippen LogP contribution in [0.15, 0.2) is 0 Å². The van der Waals surface area contributed by atoms with Crippen molar-refractivity contribution in [2.24, 2.45) is 0 Å². The van der Waals surface area contributed by atoms with Crippen molar-refractivity contribution in [3.05, 3.63) is 0 Å². The fourth-order valence-electron chi connectivity index (χ4n) is 0. The van der Waals surface area contributed by atoms with Crippen LogP contribution in [0.25, 0.3) is 0 Å². The van der Waals surface area contributed by atoms with E-state index in [-0.39, 0.29) is 107 Å². The molecular formula is C2H10Ca2MgO2. The summed E-state index contributed by atoms with van der Waals surface area (Å²) in [5.74, 6) is -0.833. The van der Waals surface area contributed by atoms with Crippen LogP contribution in [-0.2, 0) is 4.79 Å². The van der Waals surface area contributed by atoms with Gasteiger partial charge in [-0.15, -0.1) is 0 Å². The van der Waals surface area contributed by atoms with Gasteiger partial charge >= 0.3 is 98.5 Å². The monoisotopic (exact) mass is 170 g/mol. The molecule has 0 bridgehead atoms. The van der Waals surface area contributed by atoms with Crippen LogP contribution in [0, 0.1) is 0 Å². The maximum atomic E-state index is 9.00. The van der Waals surface area contributed by atoms with E-state index in [1.807, 2.05) is 0 Å². The molecule has 5 heteroatoms. The summed E-state index contributed by atoms with van der Waals surface area (Å²) >= 11 is 0. The molecule has 0 saturated carbocycles. The van der Waals surface area contributed by atoms with Crippen LogP contribution in [0.2, 0.25) is 0 Å². The molecule has 1 N–H and O–H groups in total. The van der Waals surface area contributed by atoms with Crippen molar-refractivity contribution in [3.63, 3.8) is 0 Å². The summed E-state index contributed by atoms with van der Waals surface area (Å²) in [6.45, 7) is 1.08. The van der Waals surface area contributed by atoms with Crippen LogP contribution in [-0.4, -0.2) is 110 Å².